The van der Waals surface area contributed by atoms with Crippen LogP contribution in [0.2, 0.25) is 0 Å². The number of aromatic nitrogens is 2. The monoisotopic (exact) mass is 169 g/mol. The molecule has 6 heteroatoms. The number of rotatable bonds is 2. The van der Waals surface area contributed by atoms with Crippen molar-refractivity contribution in [2.75, 3.05) is 12.8 Å². The van der Waals surface area contributed by atoms with Gasteiger partial charge in [0.05, 0.1) is 12.8 Å². The van der Waals surface area contributed by atoms with Crippen molar-refractivity contribution >= 4 is 11.7 Å². The summed E-state index contributed by atoms with van der Waals surface area (Å²) in [6.45, 7) is 0. The third-order valence-electron chi connectivity index (χ3n) is 1.21. The number of carboxylic acids is 1. The van der Waals surface area contributed by atoms with Crippen LogP contribution < -0.4 is 10.5 Å². The number of ether oxygens (including phenoxy) is 1. The molecule has 0 saturated heterocycles. The van der Waals surface area contributed by atoms with Gasteiger partial charge in [0.25, 0.3) is 0 Å². The van der Waals surface area contributed by atoms with Crippen LogP contribution in [0.25, 0.3) is 0 Å². The number of hydrogen-bond donors (Lipinski definition) is 2. The number of carboxylic acid groups (broad SMARTS) is 1. The third kappa shape index (κ3) is 1.42. The highest BCUT2D eigenvalue weighted by atomic mass is 16.5. The predicted octanol–water partition coefficient (Wildman–Crippen LogP) is -0.234. The molecule has 0 radical (unpaired) electrons. The summed E-state index contributed by atoms with van der Waals surface area (Å²) >= 11 is 0. The Morgan fingerprint density at radius 2 is 2.33 bits per heavy atom. The van der Waals surface area contributed by atoms with E-state index in [9.17, 15) is 4.79 Å². The first kappa shape index (κ1) is 8.25. The van der Waals surface area contributed by atoms with E-state index in [1.165, 1.54) is 13.2 Å². The van der Waals surface area contributed by atoms with Gasteiger partial charge in [-0.25, -0.2) is 4.79 Å². The van der Waals surface area contributed by atoms with Crippen LogP contribution in [0.1, 0.15) is 10.5 Å². The third-order valence-corrected chi connectivity index (χ3v) is 1.21. The van der Waals surface area contributed by atoms with Crippen LogP contribution in [-0.4, -0.2) is 28.4 Å². The molecule has 0 unspecified atom stereocenters. The van der Waals surface area contributed by atoms with Gasteiger partial charge in [0, 0.05) is 6.07 Å². The molecule has 0 aliphatic heterocycles. The fourth-order valence-electron chi connectivity index (χ4n) is 0.653. The van der Waals surface area contributed by atoms with Crippen molar-refractivity contribution in [2.45, 2.75) is 0 Å². The maximum atomic E-state index is 10.4. The molecule has 0 fully saturated rings. The topological polar surface area (TPSA) is 98.3 Å². The zero-order valence-electron chi connectivity index (χ0n) is 6.31. The van der Waals surface area contributed by atoms with E-state index in [2.05, 4.69) is 14.9 Å². The molecule has 1 aromatic rings. The molecule has 0 saturated carbocycles. The molecule has 64 valence electrons. The second kappa shape index (κ2) is 3.04. The lowest BCUT2D eigenvalue weighted by atomic mass is 10.3. The number of anilines is 1. The van der Waals surface area contributed by atoms with Crippen LogP contribution >= 0.6 is 0 Å². The maximum absolute atomic E-state index is 10.4. The van der Waals surface area contributed by atoms with Gasteiger partial charge in [-0.3, -0.25) is 0 Å². The minimum absolute atomic E-state index is 0.0364. The smallest absolute Gasteiger partial charge is 0.358 e. The van der Waals surface area contributed by atoms with Gasteiger partial charge >= 0.3 is 5.97 Å². The van der Waals surface area contributed by atoms with E-state index in [-0.39, 0.29) is 17.3 Å². The van der Waals surface area contributed by atoms with E-state index in [4.69, 9.17) is 10.8 Å². The number of nitrogens with zero attached hydrogens (tertiary/aromatic N) is 2. The van der Waals surface area contributed by atoms with E-state index >= 15 is 0 Å². The Kier molecular flexibility index (Phi) is 2.09. The number of carbonyl (C=O) groups is 1. The average molecular weight is 169 g/mol. The summed E-state index contributed by atoms with van der Waals surface area (Å²) in [4.78, 5) is 10.4. The highest BCUT2D eigenvalue weighted by Crippen LogP contribution is 2.12. The predicted molar refractivity (Wildman–Crippen MR) is 40.0 cm³/mol. The molecule has 6 nitrogen and oxygen atoms in total. The molecule has 0 spiro atoms. The van der Waals surface area contributed by atoms with Crippen LogP contribution in [-0.2, 0) is 0 Å². The minimum atomic E-state index is -1.21. The Morgan fingerprint density at radius 1 is 1.67 bits per heavy atom. The lowest BCUT2D eigenvalue weighted by molar-refractivity contribution is 0.0690. The molecular weight excluding hydrogens is 162 g/mol. The molecule has 1 aromatic heterocycles. The normalized spacial score (nSPS) is 9.42. The SMILES string of the molecule is COc1cc(N)c(C(=O)O)nn1. The number of aromatic carboxylic acids is 1. The van der Waals surface area contributed by atoms with E-state index in [0.717, 1.165) is 0 Å². The molecule has 0 atom stereocenters. The highest BCUT2D eigenvalue weighted by molar-refractivity contribution is 5.91. The summed E-state index contributed by atoms with van der Waals surface area (Å²) in [7, 11) is 1.39. The van der Waals surface area contributed by atoms with Crippen molar-refractivity contribution in [1.82, 2.24) is 10.2 Å². The average Bonchev–Trinajstić information content (AvgIpc) is 2.03. The molecule has 12 heavy (non-hydrogen) atoms. The summed E-state index contributed by atoms with van der Waals surface area (Å²) in [5.74, 6) is -1.01. The Hall–Kier alpha value is -1.85. The van der Waals surface area contributed by atoms with Gasteiger partial charge in [-0.05, 0) is 0 Å². The van der Waals surface area contributed by atoms with Gasteiger partial charge in [-0.2, -0.15) is 0 Å². The summed E-state index contributed by atoms with van der Waals surface area (Å²) in [5.41, 5.74) is 5.10. The summed E-state index contributed by atoms with van der Waals surface area (Å²) in [6.07, 6.45) is 0. The van der Waals surface area contributed by atoms with E-state index in [1.807, 2.05) is 0 Å². The number of nitrogens with two attached hydrogens (primary N) is 1. The van der Waals surface area contributed by atoms with E-state index in [1.54, 1.807) is 0 Å². The van der Waals surface area contributed by atoms with Crippen LogP contribution in [0.4, 0.5) is 5.69 Å². The highest BCUT2D eigenvalue weighted by Gasteiger charge is 2.10. The molecule has 0 amide bonds. The summed E-state index contributed by atoms with van der Waals surface area (Å²) in [5, 5.41) is 15.3. The largest absolute Gasteiger partial charge is 0.480 e. The quantitative estimate of drug-likeness (QED) is 0.634. The van der Waals surface area contributed by atoms with Gasteiger partial charge in [-0.1, -0.05) is 0 Å². The van der Waals surface area contributed by atoms with Crippen LogP contribution in [0.15, 0.2) is 6.07 Å². The number of hydrogen-bond acceptors (Lipinski definition) is 5. The van der Waals surface area contributed by atoms with Gasteiger partial charge < -0.3 is 15.6 Å². The van der Waals surface area contributed by atoms with E-state index < -0.39 is 5.97 Å². The zero-order valence-corrected chi connectivity index (χ0v) is 6.31. The number of nitrogen functional groups attached to an aromatic ring is 1. The first-order valence-electron chi connectivity index (χ1n) is 3.05. The molecule has 3 N–H and O–H groups in total. The fourth-order valence-corrected chi connectivity index (χ4v) is 0.653. The van der Waals surface area contributed by atoms with Gasteiger partial charge in [-0.15, -0.1) is 10.2 Å². The van der Waals surface area contributed by atoms with Crippen LogP contribution in [0.5, 0.6) is 5.88 Å². The first-order valence-corrected chi connectivity index (χ1v) is 3.05. The Morgan fingerprint density at radius 3 is 2.75 bits per heavy atom. The van der Waals surface area contributed by atoms with Crippen molar-refractivity contribution in [3.63, 3.8) is 0 Å². The van der Waals surface area contributed by atoms with Crippen molar-refractivity contribution in [2.24, 2.45) is 0 Å². The van der Waals surface area contributed by atoms with Crippen LogP contribution in [0, 0.1) is 0 Å². The maximum Gasteiger partial charge on any atom is 0.358 e. The standard InChI is InChI=1S/C6H7N3O3/c1-12-4-2-3(7)5(6(10)11)9-8-4/h2H,1H3,(H2,7,8)(H,10,11). The zero-order chi connectivity index (χ0) is 9.14. The van der Waals surface area contributed by atoms with Gasteiger partial charge in [0.1, 0.15) is 0 Å². The Labute approximate surface area is 68.0 Å². The van der Waals surface area contributed by atoms with Crippen molar-refractivity contribution in [3.05, 3.63) is 11.8 Å². The van der Waals surface area contributed by atoms with Crippen molar-refractivity contribution in [3.8, 4) is 5.88 Å². The van der Waals surface area contributed by atoms with Gasteiger partial charge in [0.15, 0.2) is 5.69 Å². The molecule has 0 aromatic carbocycles. The summed E-state index contributed by atoms with van der Waals surface area (Å²) < 4.78 is 4.68. The molecule has 1 heterocycles. The molecule has 1 rings (SSSR count). The number of methoxy groups -OCH3 is 1. The molecular formula is C6H7N3O3. The van der Waals surface area contributed by atoms with E-state index in [0.29, 0.717) is 0 Å². The second-order valence-corrected chi connectivity index (χ2v) is 2.00. The molecule has 0 aliphatic rings. The fraction of sp³-hybridized carbons (Fsp3) is 0.167. The molecule has 0 bridgehead atoms. The minimum Gasteiger partial charge on any atom is -0.480 e. The van der Waals surface area contributed by atoms with Crippen molar-refractivity contribution in [1.29, 1.82) is 0 Å². The van der Waals surface area contributed by atoms with Gasteiger partial charge in [0.2, 0.25) is 5.88 Å². The molecule has 0 aliphatic carbocycles. The van der Waals surface area contributed by atoms with Crippen LogP contribution in [0.3, 0.4) is 0 Å². The summed E-state index contributed by atoms with van der Waals surface area (Å²) in [6, 6.07) is 1.30. The first-order chi connectivity index (χ1) is 5.65. The lowest BCUT2D eigenvalue weighted by Crippen LogP contribution is -2.07. The van der Waals surface area contributed by atoms with Crippen molar-refractivity contribution < 1.29 is 14.6 Å². The Balaban J connectivity index is 3.12. The Bertz CT molecular complexity index is 313. The lowest BCUT2D eigenvalue weighted by Gasteiger charge is -2.00. The second-order valence-electron chi connectivity index (χ2n) is 2.00.